The molecule has 0 spiro atoms. The van der Waals surface area contributed by atoms with Gasteiger partial charge in [0.1, 0.15) is 11.6 Å². The Hall–Kier alpha value is -3.48. The predicted molar refractivity (Wildman–Crippen MR) is 98.9 cm³/mol. The summed E-state index contributed by atoms with van der Waals surface area (Å²) in [5, 5.41) is 14.0. The quantitative estimate of drug-likeness (QED) is 0.682. The number of carbonyl (C=O) groups excluding carboxylic acids is 1. The molecular weight excluding hydrogens is 330 g/mol. The molecule has 1 aromatic carbocycles. The molecule has 7 nitrogen and oxygen atoms in total. The Bertz CT molecular complexity index is 836. The van der Waals surface area contributed by atoms with Crippen molar-refractivity contribution >= 4 is 17.5 Å². The van der Waals surface area contributed by atoms with Crippen LogP contribution in [0.1, 0.15) is 11.1 Å². The van der Waals surface area contributed by atoms with Crippen molar-refractivity contribution in [2.24, 2.45) is 0 Å². The van der Waals surface area contributed by atoms with E-state index in [9.17, 15) is 4.79 Å². The smallest absolute Gasteiger partial charge is 0.229 e. The molecule has 0 aliphatic rings. The second-order valence-corrected chi connectivity index (χ2v) is 5.59. The van der Waals surface area contributed by atoms with E-state index in [1.54, 1.807) is 31.6 Å². The molecule has 3 rings (SSSR count). The summed E-state index contributed by atoms with van der Waals surface area (Å²) < 4.78 is 5.10. The number of carbonyl (C=O) groups is 1. The number of nitrogens with zero attached hydrogens (tertiary/aromatic N) is 3. The molecule has 26 heavy (non-hydrogen) atoms. The van der Waals surface area contributed by atoms with Gasteiger partial charge in [-0.15, -0.1) is 10.2 Å². The average molecular weight is 349 g/mol. The lowest BCUT2D eigenvalue weighted by Gasteiger charge is -2.07. The van der Waals surface area contributed by atoms with E-state index in [1.165, 1.54) is 0 Å². The van der Waals surface area contributed by atoms with Crippen LogP contribution in [0.5, 0.6) is 5.75 Å². The van der Waals surface area contributed by atoms with Crippen LogP contribution in [0.3, 0.4) is 0 Å². The van der Waals surface area contributed by atoms with E-state index >= 15 is 0 Å². The van der Waals surface area contributed by atoms with Crippen LogP contribution in [0.15, 0.2) is 60.9 Å². The third-order valence-corrected chi connectivity index (χ3v) is 3.68. The maximum absolute atomic E-state index is 12.1. The second-order valence-electron chi connectivity index (χ2n) is 5.59. The zero-order valence-electron chi connectivity index (χ0n) is 14.3. The van der Waals surface area contributed by atoms with Crippen molar-refractivity contribution in [1.82, 2.24) is 15.2 Å². The van der Waals surface area contributed by atoms with Gasteiger partial charge in [-0.25, -0.2) is 0 Å². The first-order valence-electron chi connectivity index (χ1n) is 8.12. The van der Waals surface area contributed by atoms with E-state index in [4.69, 9.17) is 4.74 Å². The molecule has 0 bridgehead atoms. The van der Waals surface area contributed by atoms with Gasteiger partial charge in [-0.05, 0) is 47.5 Å². The Morgan fingerprint density at radius 1 is 0.923 bits per heavy atom. The molecule has 0 aliphatic heterocycles. The summed E-state index contributed by atoms with van der Waals surface area (Å²) in [6.07, 6.45) is 3.74. The van der Waals surface area contributed by atoms with Gasteiger partial charge >= 0.3 is 0 Å². The molecule has 0 aliphatic carbocycles. The number of methoxy groups -OCH3 is 1. The standard InChI is InChI=1S/C19H19N5O2/c1-26-16-4-2-14(3-5-16)12-19(25)22-18-7-6-17(23-24-18)21-13-15-8-10-20-11-9-15/h2-11H,12-13H2,1H3,(H,21,23)(H,22,24,25). The van der Waals surface area contributed by atoms with Gasteiger partial charge in [-0.1, -0.05) is 12.1 Å². The number of aromatic nitrogens is 3. The van der Waals surface area contributed by atoms with E-state index in [1.807, 2.05) is 36.4 Å². The lowest BCUT2D eigenvalue weighted by atomic mass is 10.1. The number of ether oxygens (including phenoxy) is 1. The fraction of sp³-hybridized carbons (Fsp3) is 0.158. The van der Waals surface area contributed by atoms with Crippen LogP contribution >= 0.6 is 0 Å². The van der Waals surface area contributed by atoms with Crippen molar-refractivity contribution in [3.05, 3.63) is 72.1 Å². The molecule has 2 heterocycles. The van der Waals surface area contributed by atoms with Crippen LogP contribution in [0, 0.1) is 0 Å². The SMILES string of the molecule is COc1ccc(CC(=O)Nc2ccc(NCc3ccncc3)nn2)cc1. The van der Waals surface area contributed by atoms with E-state index in [0.717, 1.165) is 16.9 Å². The zero-order chi connectivity index (χ0) is 18.2. The summed E-state index contributed by atoms with van der Waals surface area (Å²) in [6, 6.07) is 14.7. The van der Waals surface area contributed by atoms with Crippen molar-refractivity contribution in [3.8, 4) is 5.75 Å². The normalized spacial score (nSPS) is 10.2. The summed E-state index contributed by atoms with van der Waals surface area (Å²) in [6.45, 7) is 0.625. The molecule has 0 atom stereocenters. The summed E-state index contributed by atoms with van der Waals surface area (Å²) in [7, 11) is 1.61. The minimum atomic E-state index is -0.151. The number of nitrogens with one attached hydrogen (secondary N) is 2. The molecule has 1 amide bonds. The van der Waals surface area contributed by atoms with Crippen LogP contribution in [-0.2, 0) is 17.8 Å². The van der Waals surface area contributed by atoms with Crippen molar-refractivity contribution in [1.29, 1.82) is 0 Å². The van der Waals surface area contributed by atoms with Gasteiger partial charge in [-0.3, -0.25) is 9.78 Å². The lowest BCUT2D eigenvalue weighted by Crippen LogP contribution is -2.16. The van der Waals surface area contributed by atoms with Gasteiger partial charge < -0.3 is 15.4 Å². The summed E-state index contributed by atoms with van der Waals surface area (Å²) in [5.74, 6) is 1.66. The van der Waals surface area contributed by atoms with E-state index in [0.29, 0.717) is 18.2 Å². The van der Waals surface area contributed by atoms with Gasteiger partial charge in [0.05, 0.1) is 13.5 Å². The van der Waals surface area contributed by atoms with Crippen LogP contribution < -0.4 is 15.4 Å². The Kier molecular flexibility index (Phi) is 5.72. The van der Waals surface area contributed by atoms with E-state index in [-0.39, 0.29) is 12.3 Å². The first-order chi connectivity index (χ1) is 12.7. The van der Waals surface area contributed by atoms with Crippen LogP contribution in [0.25, 0.3) is 0 Å². The number of amides is 1. The Labute approximate surface area is 151 Å². The van der Waals surface area contributed by atoms with Crippen LogP contribution in [-0.4, -0.2) is 28.2 Å². The Balaban J connectivity index is 1.50. The van der Waals surface area contributed by atoms with E-state index < -0.39 is 0 Å². The molecule has 0 radical (unpaired) electrons. The molecular formula is C19H19N5O2. The highest BCUT2D eigenvalue weighted by molar-refractivity contribution is 5.91. The van der Waals surface area contributed by atoms with Gasteiger partial charge in [0, 0.05) is 18.9 Å². The Morgan fingerprint density at radius 2 is 1.62 bits per heavy atom. The van der Waals surface area contributed by atoms with Gasteiger partial charge in [0.25, 0.3) is 0 Å². The van der Waals surface area contributed by atoms with Crippen molar-refractivity contribution < 1.29 is 9.53 Å². The van der Waals surface area contributed by atoms with Crippen molar-refractivity contribution in [2.45, 2.75) is 13.0 Å². The minimum absolute atomic E-state index is 0.151. The average Bonchev–Trinajstić information content (AvgIpc) is 2.69. The van der Waals surface area contributed by atoms with Crippen LogP contribution in [0.2, 0.25) is 0 Å². The monoisotopic (exact) mass is 349 g/mol. The summed E-state index contributed by atoms with van der Waals surface area (Å²) in [5.41, 5.74) is 1.99. The molecule has 0 unspecified atom stereocenters. The highest BCUT2D eigenvalue weighted by Crippen LogP contribution is 2.13. The number of hydrogen-bond acceptors (Lipinski definition) is 6. The highest BCUT2D eigenvalue weighted by atomic mass is 16.5. The molecule has 0 fully saturated rings. The maximum atomic E-state index is 12.1. The molecule has 0 saturated carbocycles. The second kappa shape index (κ2) is 8.57. The fourth-order valence-electron chi connectivity index (χ4n) is 2.30. The molecule has 3 aromatic rings. The molecule has 2 aromatic heterocycles. The molecule has 2 N–H and O–H groups in total. The first-order valence-corrected chi connectivity index (χ1v) is 8.12. The van der Waals surface area contributed by atoms with E-state index in [2.05, 4.69) is 25.8 Å². The predicted octanol–water partition coefficient (Wildman–Crippen LogP) is 2.67. The van der Waals surface area contributed by atoms with Gasteiger partial charge in [-0.2, -0.15) is 0 Å². The number of benzene rings is 1. The highest BCUT2D eigenvalue weighted by Gasteiger charge is 2.06. The first kappa shape index (κ1) is 17.3. The van der Waals surface area contributed by atoms with Gasteiger partial charge in [0.15, 0.2) is 5.82 Å². The van der Waals surface area contributed by atoms with Crippen molar-refractivity contribution in [2.75, 3.05) is 17.7 Å². The number of rotatable bonds is 7. The number of anilines is 2. The number of hydrogen-bond donors (Lipinski definition) is 2. The van der Waals surface area contributed by atoms with Crippen LogP contribution in [0.4, 0.5) is 11.6 Å². The van der Waals surface area contributed by atoms with Gasteiger partial charge in [0.2, 0.25) is 5.91 Å². The third-order valence-electron chi connectivity index (χ3n) is 3.68. The summed E-state index contributed by atoms with van der Waals surface area (Å²) >= 11 is 0. The fourth-order valence-corrected chi connectivity index (χ4v) is 2.30. The zero-order valence-corrected chi connectivity index (χ0v) is 14.3. The largest absolute Gasteiger partial charge is 0.497 e. The maximum Gasteiger partial charge on any atom is 0.229 e. The minimum Gasteiger partial charge on any atom is -0.497 e. The van der Waals surface area contributed by atoms with Crippen molar-refractivity contribution in [3.63, 3.8) is 0 Å². The Morgan fingerprint density at radius 3 is 2.27 bits per heavy atom. The third kappa shape index (κ3) is 5.01. The molecule has 132 valence electrons. The number of pyridine rings is 1. The topological polar surface area (TPSA) is 89.0 Å². The summed E-state index contributed by atoms with van der Waals surface area (Å²) in [4.78, 5) is 16.1. The molecule has 0 saturated heterocycles. The molecule has 7 heteroatoms. The lowest BCUT2D eigenvalue weighted by molar-refractivity contribution is -0.115.